The molecule has 18 heavy (non-hydrogen) atoms. The zero-order valence-corrected chi connectivity index (χ0v) is 11.1. The van der Waals surface area contributed by atoms with Crippen LogP contribution in [0, 0.1) is 0 Å². The standard InChI is InChI=1S/C15H23N3/c1-2-11-18(10-1)15-4-3-9-17(13-15)12-14-5-7-16-8-6-14/h5-8,15H,1-4,9-13H2. The molecule has 2 aliphatic rings. The molecule has 1 aromatic rings. The van der Waals surface area contributed by atoms with Crippen LogP contribution in [0.1, 0.15) is 31.2 Å². The number of aromatic nitrogens is 1. The molecular weight excluding hydrogens is 222 g/mol. The van der Waals surface area contributed by atoms with Crippen molar-refractivity contribution in [1.82, 2.24) is 14.8 Å². The van der Waals surface area contributed by atoms with Crippen molar-refractivity contribution in [1.29, 1.82) is 0 Å². The average Bonchev–Trinajstić information content (AvgIpc) is 2.94. The second kappa shape index (κ2) is 5.81. The topological polar surface area (TPSA) is 19.4 Å². The first-order valence-corrected chi connectivity index (χ1v) is 7.27. The summed E-state index contributed by atoms with van der Waals surface area (Å²) in [4.78, 5) is 9.41. The lowest BCUT2D eigenvalue weighted by molar-refractivity contribution is 0.110. The zero-order chi connectivity index (χ0) is 12.2. The lowest BCUT2D eigenvalue weighted by Gasteiger charge is -2.37. The molecule has 2 aliphatic heterocycles. The molecule has 3 nitrogen and oxygen atoms in total. The van der Waals surface area contributed by atoms with Crippen molar-refractivity contribution in [3.63, 3.8) is 0 Å². The Kier molecular flexibility index (Phi) is 3.91. The Hall–Kier alpha value is -0.930. The van der Waals surface area contributed by atoms with E-state index in [1.807, 2.05) is 12.4 Å². The summed E-state index contributed by atoms with van der Waals surface area (Å²) in [6.45, 7) is 6.25. The summed E-state index contributed by atoms with van der Waals surface area (Å²) in [5.41, 5.74) is 1.40. The molecule has 3 heterocycles. The Morgan fingerprint density at radius 3 is 2.61 bits per heavy atom. The molecule has 1 aromatic heterocycles. The molecule has 0 saturated carbocycles. The molecule has 2 saturated heterocycles. The molecule has 2 fully saturated rings. The third-order valence-corrected chi connectivity index (χ3v) is 4.29. The van der Waals surface area contributed by atoms with E-state index >= 15 is 0 Å². The van der Waals surface area contributed by atoms with Crippen LogP contribution in [-0.4, -0.2) is 47.0 Å². The van der Waals surface area contributed by atoms with Crippen molar-refractivity contribution in [2.75, 3.05) is 26.2 Å². The van der Waals surface area contributed by atoms with Gasteiger partial charge in [-0.1, -0.05) is 0 Å². The van der Waals surface area contributed by atoms with Gasteiger partial charge in [-0.3, -0.25) is 14.8 Å². The van der Waals surface area contributed by atoms with E-state index in [0.29, 0.717) is 0 Å². The Labute approximate surface area is 110 Å². The van der Waals surface area contributed by atoms with Gasteiger partial charge in [-0.05, 0) is 63.0 Å². The fourth-order valence-electron chi connectivity index (χ4n) is 3.33. The van der Waals surface area contributed by atoms with E-state index in [9.17, 15) is 0 Å². The Balaban J connectivity index is 1.56. The highest BCUT2D eigenvalue weighted by Gasteiger charge is 2.26. The Morgan fingerprint density at radius 1 is 1.06 bits per heavy atom. The highest BCUT2D eigenvalue weighted by molar-refractivity contribution is 5.09. The largest absolute Gasteiger partial charge is 0.299 e. The van der Waals surface area contributed by atoms with Crippen molar-refractivity contribution in [3.8, 4) is 0 Å². The van der Waals surface area contributed by atoms with Crippen LogP contribution in [0.15, 0.2) is 24.5 Å². The van der Waals surface area contributed by atoms with Gasteiger partial charge in [0.2, 0.25) is 0 Å². The predicted molar refractivity (Wildman–Crippen MR) is 73.3 cm³/mol. The number of hydrogen-bond acceptors (Lipinski definition) is 3. The molecule has 0 aromatic carbocycles. The fraction of sp³-hybridized carbons (Fsp3) is 0.667. The normalized spacial score (nSPS) is 26.6. The highest BCUT2D eigenvalue weighted by Crippen LogP contribution is 2.21. The second-order valence-corrected chi connectivity index (χ2v) is 5.63. The molecular formula is C15H23N3. The van der Waals surface area contributed by atoms with Gasteiger partial charge in [0, 0.05) is 31.5 Å². The van der Waals surface area contributed by atoms with E-state index in [1.165, 1.54) is 57.4 Å². The number of likely N-dealkylation sites (tertiary alicyclic amines) is 2. The van der Waals surface area contributed by atoms with Gasteiger partial charge in [0.15, 0.2) is 0 Å². The SMILES string of the molecule is c1cc(CN2CCCC(N3CCCC3)C2)ccn1. The quantitative estimate of drug-likeness (QED) is 0.813. The molecule has 0 spiro atoms. The minimum atomic E-state index is 0.808. The van der Waals surface area contributed by atoms with E-state index in [1.54, 1.807) is 0 Å². The highest BCUT2D eigenvalue weighted by atomic mass is 15.2. The molecule has 0 amide bonds. The van der Waals surface area contributed by atoms with Crippen molar-refractivity contribution >= 4 is 0 Å². The van der Waals surface area contributed by atoms with Gasteiger partial charge in [-0.2, -0.15) is 0 Å². The molecule has 0 aliphatic carbocycles. The monoisotopic (exact) mass is 245 g/mol. The molecule has 3 heteroatoms. The first-order valence-electron chi connectivity index (χ1n) is 7.27. The number of pyridine rings is 1. The number of hydrogen-bond donors (Lipinski definition) is 0. The maximum Gasteiger partial charge on any atom is 0.0271 e. The molecule has 98 valence electrons. The van der Waals surface area contributed by atoms with Crippen LogP contribution in [0.5, 0.6) is 0 Å². The molecule has 0 radical (unpaired) electrons. The van der Waals surface area contributed by atoms with Crippen molar-refractivity contribution in [2.45, 2.75) is 38.3 Å². The maximum atomic E-state index is 4.09. The first-order chi connectivity index (χ1) is 8.92. The van der Waals surface area contributed by atoms with Gasteiger partial charge in [0.25, 0.3) is 0 Å². The summed E-state index contributed by atoms with van der Waals surface area (Å²) in [5.74, 6) is 0. The molecule has 0 bridgehead atoms. The number of piperidine rings is 1. The van der Waals surface area contributed by atoms with Crippen LogP contribution < -0.4 is 0 Å². The Bertz CT molecular complexity index is 359. The fourth-order valence-corrected chi connectivity index (χ4v) is 3.33. The van der Waals surface area contributed by atoms with E-state index in [4.69, 9.17) is 0 Å². The van der Waals surface area contributed by atoms with E-state index < -0.39 is 0 Å². The van der Waals surface area contributed by atoms with Crippen LogP contribution in [0.2, 0.25) is 0 Å². The third-order valence-electron chi connectivity index (χ3n) is 4.29. The summed E-state index contributed by atoms with van der Waals surface area (Å²) in [7, 11) is 0. The van der Waals surface area contributed by atoms with Gasteiger partial charge in [-0.25, -0.2) is 0 Å². The van der Waals surface area contributed by atoms with Crippen LogP contribution in [0.3, 0.4) is 0 Å². The van der Waals surface area contributed by atoms with Gasteiger partial charge in [-0.15, -0.1) is 0 Å². The summed E-state index contributed by atoms with van der Waals surface area (Å²) in [6, 6.07) is 5.09. The van der Waals surface area contributed by atoms with Gasteiger partial charge >= 0.3 is 0 Å². The summed E-state index contributed by atoms with van der Waals surface area (Å²) >= 11 is 0. The lowest BCUT2D eigenvalue weighted by atomic mass is 10.0. The smallest absolute Gasteiger partial charge is 0.0271 e. The third kappa shape index (κ3) is 2.90. The predicted octanol–water partition coefficient (Wildman–Crippen LogP) is 2.14. The first kappa shape index (κ1) is 12.1. The average molecular weight is 245 g/mol. The summed E-state index contributed by atoms with van der Waals surface area (Å²) in [5, 5.41) is 0. The zero-order valence-electron chi connectivity index (χ0n) is 11.1. The van der Waals surface area contributed by atoms with Crippen molar-refractivity contribution in [2.24, 2.45) is 0 Å². The summed E-state index contributed by atoms with van der Waals surface area (Å²) < 4.78 is 0. The van der Waals surface area contributed by atoms with Crippen LogP contribution in [0.25, 0.3) is 0 Å². The molecule has 0 N–H and O–H groups in total. The second-order valence-electron chi connectivity index (χ2n) is 5.63. The number of rotatable bonds is 3. The minimum Gasteiger partial charge on any atom is -0.299 e. The van der Waals surface area contributed by atoms with Crippen LogP contribution in [-0.2, 0) is 6.54 Å². The summed E-state index contributed by atoms with van der Waals surface area (Å²) in [6.07, 6.45) is 9.36. The minimum absolute atomic E-state index is 0.808. The Morgan fingerprint density at radius 2 is 1.83 bits per heavy atom. The van der Waals surface area contributed by atoms with Gasteiger partial charge in [0.1, 0.15) is 0 Å². The van der Waals surface area contributed by atoms with Crippen molar-refractivity contribution in [3.05, 3.63) is 30.1 Å². The van der Waals surface area contributed by atoms with Gasteiger partial charge < -0.3 is 0 Å². The van der Waals surface area contributed by atoms with E-state index in [2.05, 4.69) is 26.9 Å². The lowest BCUT2D eigenvalue weighted by Crippen LogP contribution is -2.46. The molecule has 1 unspecified atom stereocenters. The van der Waals surface area contributed by atoms with Crippen molar-refractivity contribution < 1.29 is 0 Å². The maximum absolute atomic E-state index is 4.09. The van der Waals surface area contributed by atoms with Gasteiger partial charge in [0.05, 0.1) is 0 Å². The van der Waals surface area contributed by atoms with E-state index in [0.717, 1.165) is 12.6 Å². The van der Waals surface area contributed by atoms with Crippen LogP contribution >= 0.6 is 0 Å². The van der Waals surface area contributed by atoms with Crippen LogP contribution in [0.4, 0.5) is 0 Å². The molecule has 1 atom stereocenters. The number of nitrogens with zero attached hydrogens (tertiary/aromatic N) is 3. The van der Waals surface area contributed by atoms with E-state index in [-0.39, 0.29) is 0 Å². The molecule has 3 rings (SSSR count).